The first-order valence-electron chi connectivity index (χ1n) is 5.30. The van der Waals surface area contributed by atoms with Gasteiger partial charge < -0.3 is 9.88 Å². The van der Waals surface area contributed by atoms with Crippen molar-refractivity contribution in [1.82, 2.24) is 4.57 Å². The van der Waals surface area contributed by atoms with Crippen molar-refractivity contribution in [3.8, 4) is 0 Å². The van der Waals surface area contributed by atoms with Crippen LogP contribution in [0.1, 0.15) is 10.4 Å². The first-order chi connectivity index (χ1) is 8.58. The van der Waals surface area contributed by atoms with Gasteiger partial charge in [0.05, 0.1) is 16.3 Å². The molecule has 1 aromatic heterocycles. The van der Waals surface area contributed by atoms with E-state index >= 15 is 0 Å². The van der Waals surface area contributed by atoms with E-state index < -0.39 is 0 Å². The normalized spacial score (nSPS) is 10.1. The number of pyridine rings is 1. The van der Waals surface area contributed by atoms with E-state index in [4.69, 9.17) is 11.6 Å². The molecule has 92 valence electrons. The fourth-order valence-electron chi connectivity index (χ4n) is 1.51. The van der Waals surface area contributed by atoms with Crippen LogP contribution in [0.15, 0.2) is 47.4 Å². The van der Waals surface area contributed by atoms with Crippen LogP contribution in [0.3, 0.4) is 0 Å². The summed E-state index contributed by atoms with van der Waals surface area (Å²) >= 11 is 5.93. The largest absolute Gasteiger partial charge is 0.321 e. The zero-order chi connectivity index (χ0) is 13.1. The molecule has 0 saturated heterocycles. The molecule has 0 atom stereocenters. The van der Waals surface area contributed by atoms with Crippen molar-refractivity contribution in [3.63, 3.8) is 0 Å². The highest BCUT2D eigenvalue weighted by molar-refractivity contribution is 6.34. The lowest BCUT2D eigenvalue weighted by molar-refractivity contribution is 0.102. The quantitative estimate of drug-likeness (QED) is 0.903. The monoisotopic (exact) mass is 262 g/mol. The minimum Gasteiger partial charge on any atom is -0.321 e. The molecule has 18 heavy (non-hydrogen) atoms. The number of benzene rings is 1. The zero-order valence-electron chi connectivity index (χ0n) is 9.68. The number of carbonyl (C=O) groups is 1. The molecule has 0 fully saturated rings. The number of carbonyl (C=O) groups excluding carboxylic acids is 1. The first-order valence-corrected chi connectivity index (χ1v) is 5.68. The second-order valence-electron chi connectivity index (χ2n) is 3.80. The van der Waals surface area contributed by atoms with Gasteiger partial charge in [-0.1, -0.05) is 23.7 Å². The van der Waals surface area contributed by atoms with Crippen LogP contribution in [0.25, 0.3) is 0 Å². The van der Waals surface area contributed by atoms with Gasteiger partial charge in [0.2, 0.25) is 5.56 Å². The van der Waals surface area contributed by atoms with Crippen LogP contribution in [-0.4, -0.2) is 10.5 Å². The van der Waals surface area contributed by atoms with Gasteiger partial charge in [-0.25, -0.2) is 0 Å². The summed E-state index contributed by atoms with van der Waals surface area (Å²) in [5.41, 5.74) is 0.806. The molecule has 0 saturated carbocycles. The van der Waals surface area contributed by atoms with Crippen molar-refractivity contribution in [1.29, 1.82) is 0 Å². The van der Waals surface area contributed by atoms with Crippen molar-refractivity contribution in [3.05, 3.63) is 63.5 Å². The maximum absolute atomic E-state index is 11.9. The number of hydrogen-bond acceptors (Lipinski definition) is 2. The fourth-order valence-corrected chi connectivity index (χ4v) is 1.73. The van der Waals surface area contributed by atoms with Gasteiger partial charge in [-0.05, 0) is 18.2 Å². The average Bonchev–Trinajstić information content (AvgIpc) is 2.34. The van der Waals surface area contributed by atoms with Crippen LogP contribution < -0.4 is 10.9 Å². The third-order valence-electron chi connectivity index (χ3n) is 2.46. The standard InChI is InChI=1S/C13H11ClN2O2/c1-16-8-9(6-7-12(16)17)15-13(18)10-4-2-3-5-11(10)14/h2-8H,1H3,(H,15,18). The molecule has 1 amide bonds. The predicted molar refractivity (Wildman–Crippen MR) is 71.1 cm³/mol. The number of halogens is 1. The highest BCUT2D eigenvalue weighted by Crippen LogP contribution is 2.16. The molecule has 0 aliphatic rings. The summed E-state index contributed by atoms with van der Waals surface area (Å²) in [6.07, 6.45) is 1.55. The SMILES string of the molecule is Cn1cc(NC(=O)c2ccccc2Cl)ccc1=O. The van der Waals surface area contributed by atoms with Crippen molar-refractivity contribution in [2.24, 2.45) is 7.05 Å². The van der Waals surface area contributed by atoms with E-state index in [-0.39, 0.29) is 11.5 Å². The highest BCUT2D eigenvalue weighted by Gasteiger charge is 2.09. The summed E-state index contributed by atoms with van der Waals surface area (Å²) in [6.45, 7) is 0. The summed E-state index contributed by atoms with van der Waals surface area (Å²) in [5.74, 6) is -0.306. The van der Waals surface area contributed by atoms with Crippen LogP contribution in [0.4, 0.5) is 5.69 Å². The molecule has 0 spiro atoms. The van der Waals surface area contributed by atoms with Crippen molar-refractivity contribution in [2.75, 3.05) is 5.32 Å². The Morgan fingerprint density at radius 3 is 2.61 bits per heavy atom. The Hall–Kier alpha value is -2.07. The summed E-state index contributed by atoms with van der Waals surface area (Å²) in [7, 11) is 1.62. The molecular weight excluding hydrogens is 252 g/mol. The highest BCUT2D eigenvalue weighted by atomic mass is 35.5. The summed E-state index contributed by atoms with van der Waals surface area (Å²) < 4.78 is 1.39. The molecule has 4 nitrogen and oxygen atoms in total. The Morgan fingerprint density at radius 2 is 1.94 bits per heavy atom. The van der Waals surface area contributed by atoms with E-state index in [0.29, 0.717) is 16.3 Å². The molecule has 1 heterocycles. The second kappa shape index (κ2) is 5.06. The van der Waals surface area contributed by atoms with Gasteiger partial charge in [0.15, 0.2) is 0 Å². The number of amides is 1. The molecule has 0 bridgehead atoms. The third-order valence-corrected chi connectivity index (χ3v) is 2.79. The van der Waals surface area contributed by atoms with E-state index in [1.54, 1.807) is 43.6 Å². The van der Waals surface area contributed by atoms with E-state index in [9.17, 15) is 9.59 Å². The van der Waals surface area contributed by atoms with Crippen LogP contribution in [0.5, 0.6) is 0 Å². The predicted octanol–water partition coefficient (Wildman–Crippen LogP) is 2.29. The molecule has 2 aromatic rings. The molecule has 5 heteroatoms. The molecule has 0 radical (unpaired) electrons. The Labute approximate surface area is 109 Å². The Morgan fingerprint density at radius 1 is 1.22 bits per heavy atom. The number of anilines is 1. The lowest BCUT2D eigenvalue weighted by atomic mass is 10.2. The van der Waals surface area contributed by atoms with Gasteiger partial charge in [-0.2, -0.15) is 0 Å². The van der Waals surface area contributed by atoms with Gasteiger partial charge in [0, 0.05) is 19.3 Å². The molecular formula is C13H11ClN2O2. The van der Waals surface area contributed by atoms with Gasteiger partial charge >= 0.3 is 0 Å². The fraction of sp³-hybridized carbons (Fsp3) is 0.0769. The smallest absolute Gasteiger partial charge is 0.257 e. The van der Waals surface area contributed by atoms with Crippen molar-refractivity contribution >= 4 is 23.2 Å². The number of aromatic nitrogens is 1. The maximum Gasteiger partial charge on any atom is 0.257 e. The van der Waals surface area contributed by atoms with E-state index in [1.807, 2.05) is 0 Å². The minimum absolute atomic E-state index is 0.134. The molecule has 0 aliphatic heterocycles. The molecule has 2 rings (SSSR count). The average molecular weight is 263 g/mol. The van der Waals surface area contributed by atoms with Crippen LogP contribution in [0, 0.1) is 0 Å². The molecule has 0 aliphatic carbocycles. The van der Waals surface area contributed by atoms with Crippen LogP contribution in [-0.2, 0) is 7.05 Å². The van der Waals surface area contributed by atoms with E-state index in [1.165, 1.54) is 10.6 Å². The number of nitrogens with zero attached hydrogens (tertiary/aromatic N) is 1. The minimum atomic E-state index is -0.306. The van der Waals surface area contributed by atoms with Gasteiger partial charge in [-0.15, -0.1) is 0 Å². The lowest BCUT2D eigenvalue weighted by Gasteiger charge is -2.07. The van der Waals surface area contributed by atoms with E-state index in [0.717, 1.165) is 0 Å². The topological polar surface area (TPSA) is 51.1 Å². The second-order valence-corrected chi connectivity index (χ2v) is 4.21. The maximum atomic E-state index is 11.9. The first kappa shape index (κ1) is 12.4. The van der Waals surface area contributed by atoms with Gasteiger partial charge in [0.1, 0.15) is 0 Å². The van der Waals surface area contributed by atoms with E-state index in [2.05, 4.69) is 5.32 Å². The van der Waals surface area contributed by atoms with Gasteiger partial charge in [-0.3, -0.25) is 9.59 Å². The molecule has 0 unspecified atom stereocenters. The van der Waals surface area contributed by atoms with Crippen molar-refractivity contribution in [2.45, 2.75) is 0 Å². The summed E-state index contributed by atoms with van der Waals surface area (Å²) in [6, 6.07) is 9.73. The number of hydrogen-bond donors (Lipinski definition) is 1. The van der Waals surface area contributed by atoms with Crippen molar-refractivity contribution < 1.29 is 4.79 Å². The molecule has 1 N–H and O–H groups in total. The molecule has 1 aromatic carbocycles. The number of rotatable bonds is 2. The summed E-state index contributed by atoms with van der Waals surface area (Å²) in [4.78, 5) is 23.2. The van der Waals surface area contributed by atoms with Gasteiger partial charge in [0.25, 0.3) is 5.91 Å². The lowest BCUT2D eigenvalue weighted by Crippen LogP contribution is -2.18. The number of aryl methyl sites for hydroxylation is 1. The Balaban J connectivity index is 2.24. The Kier molecular flexibility index (Phi) is 3.48. The Bertz CT molecular complexity index is 649. The zero-order valence-corrected chi connectivity index (χ0v) is 10.4. The third kappa shape index (κ3) is 2.60. The van der Waals surface area contributed by atoms with Crippen LogP contribution in [0.2, 0.25) is 5.02 Å². The summed E-state index contributed by atoms with van der Waals surface area (Å²) in [5, 5.41) is 3.07. The van der Waals surface area contributed by atoms with Crippen LogP contribution >= 0.6 is 11.6 Å². The number of nitrogens with one attached hydrogen (secondary N) is 1.